The molecule has 0 aromatic rings. The maximum Gasteiger partial charge on any atom is 0.0431 e. The molecule has 0 aromatic carbocycles. The Morgan fingerprint density at radius 2 is 0.971 bits per heavy atom. The van der Waals surface area contributed by atoms with Gasteiger partial charge in [0.15, 0.2) is 0 Å². The van der Waals surface area contributed by atoms with E-state index in [1.54, 1.807) is 44.9 Å². The molecule has 0 heterocycles. The van der Waals surface area contributed by atoms with Crippen LogP contribution in [0.25, 0.3) is 0 Å². The topological polar surface area (TPSA) is 20.2 Å². The predicted octanol–water partition coefficient (Wildman–Crippen LogP) is 10.2. The van der Waals surface area contributed by atoms with E-state index in [2.05, 4.69) is 20.8 Å². The summed E-state index contributed by atoms with van der Waals surface area (Å²) >= 11 is 0. The van der Waals surface area contributed by atoms with E-state index in [1.807, 2.05) is 0 Å². The first-order valence-electron chi connectivity index (χ1n) is 16.3. The molecule has 200 valence electrons. The molecule has 3 aliphatic rings. The Labute approximate surface area is 214 Å². The van der Waals surface area contributed by atoms with E-state index >= 15 is 0 Å². The van der Waals surface area contributed by atoms with Crippen molar-refractivity contribution in [2.45, 2.75) is 156 Å². The van der Waals surface area contributed by atoms with E-state index in [1.165, 1.54) is 83.5 Å². The zero-order valence-corrected chi connectivity index (χ0v) is 23.6. The molecule has 0 aliphatic heterocycles. The molecule has 3 rings (SSSR count). The Bertz CT molecular complexity index is 507. The second kappa shape index (κ2) is 15.9. The highest BCUT2D eigenvalue weighted by Gasteiger charge is 2.40. The van der Waals surface area contributed by atoms with Crippen LogP contribution < -0.4 is 0 Å². The third kappa shape index (κ3) is 8.81. The Morgan fingerprint density at radius 1 is 0.500 bits per heavy atom. The first-order valence-corrected chi connectivity index (χ1v) is 16.3. The summed E-state index contributed by atoms with van der Waals surface area (Å²) in [6, 6.07) is 0. The van der Waals surface area contributed by atoms with Gasteiger partial charge in [0.1, 0.15) is 0 Å². The van der Waals surface area contributed by atoms with Gasteiger partial charge in [-0.3, -0.25) is 0 Å². The maximum atomic E-state index is 9.25. The van der Waals surface area contributed by atoms with E-state index in [0.717, 1.165) is 53.8 Å². The molecule has 1 heteroatoms. The van der Waals surface area contributed by atoms with E-state index in [4.69, 9.17) is 0 Å². The summed E-state index contributed by atoms with van der Waals surface area (Å²) in [5, 5.41) is 9.25. The third-order valence-electron chi connectivity index (χ3n) is 11.1. The molecule has 0 bridgehead atoms. The van der Waals surface area contributed by atoms with Crippen LogP contribution in [0, 0.1) is 47.3 Å². The van der Waals surface area contributed by atoms with Crippen molar-refractivity contribution >= 4 is 0 Å². The van der Waals surface area contributed by atoms with Gasteiger partial charge in [-0.2, -0.15) is 0 Å². The van der Waals surface area contributed by atoms with E-state index in [-0.39, 0.29) is 0 Å². The van der Waals surface area contributed by atoms with Crippen molar-refractivity contribution in [2.75, 3.05) is 6.61 Å². The Hall–Kier alpha value is -0.0400. The van der Waals surface area contributed by atoms with Crippen molar-refractivity contribution in [3.8, 4) is 0 Å². The highest BCUT2D eigenvalue weighted by Crippen LogP contribution is 2.50. The fourth-order valence-electron chi connectivity index (χ4n) is 8.88. The van der Waals surface area contributed by atoms with Gasteiger partial charge in [-0.1, -0.05) is 117 Å². The number of aliphatic hydroxyl groups is 1. The second-order valence-corrected chi connectivity index (χ2v) is 13.2. The van der Waals surface area contributed by atoms with Crippen LogP contribution in [0.1, 0.15) is 156 Å². The average molecular weight is 475 g/mol. The average Bonchev–Trinajstić information content (AvgIpc) is 2.89. The lowest BCUT2D eigenvalue weighted by molar-refractivity contribution is 0.0368. The molecule has 3 fully saturated rings. The SMILES string of the molecule is CCCCCCC1CCC(CCC2CCC(C3CCC(CCCO)CC3CC)C(CC)C2)CC1. The number of unbranched alkanes of at least 4 members (excludes halogenated alkanes) is 3. The van der Waals surface area contributed by atoms with Crippen LogP contribution in [0.4, 0.5) is 0 Å². The fraction of sp³-hybridized carbons (Fsp3) is 1.00. The van der Waals surface area contributed by atoms with Crippen LogP contribution in [-0.2, 0) is 0 Å². The number of hydrogen-bond acceptors (Lipinski definition) is 1. The Kier molecular flexibility index (Phi) is 13.4. The minimum absolute atomic E-state index is 0.388. The molecule has 0 amide bonds. The molecule has 0 aromatic heterocycles. The van der Waals surface area contributed by atoms with Gasteiger partial charge >= 0.3 is 0 Å². The van der Waals surface area contributed by atoms with Crippen LogP contribution in [0.3, 0.4) is 0 Å². The van der Waals surface area contributed by atoms with E-state index in [9.17, 15) is 5.11 Å². The summed E-state index contributed by atoms with van der Waals surface area (Å²) in [6.07, 6.45) is 30.7. The quantitative estimate of drug-likeness (QED) is 0.248. The van der Waals surface area contributed by atoms with Crippen LogP contribution in [-0.4, -0.2) is 11.7 Å². The first-order chi connectivity index (χ1) is 16.7. The number of rotatable bonds is 14. The van der Waals surface area contributed by atoms with Gasteiger partial charge in [0, 0.05) is 6.61 Å². The van der Waals surface area contributed by atoms with Gasteiger partial charge in [0.2, 0.25) is 0 Å². The fourth-order valence-corrected chi connectivity index (χ4v) is 8.88. The van der Waals surface area contributed by atoms with Crippen molar-refractivity contribution < 1.29 is 5.11 Å². The smallest absolute Gasteiger partial charge is 0.0431 e. The monoisotopic (exact) mass is 474 g/mol. The van der Waals surface area contributed by atoms with Gasteiger partial charge in [-0.25, -0.2) is 0 Å². The lowest BCUT2D eigenvalue weighted by Crippen LogP contribution is -2.37. The van der Waals surface area contributed by atoms with Crippen molar-refractivity contribution in [1.82, 2.24) is 0 Å². The van der Waals surface area contributed by atoms with Crippen molar-refractivity contribution in [3.05, 3.63) is 0 Å². The minimum Gasteiger partial charge on any atom is -0.396 e. The summed E-state index contributed by atoms with van der Waals surface area (Å²) in [5.74, 6) is 8.06. The Morgan fingerprint density at radius 3 is 1.50 bits per heavy atom. The van der Waals surface area contributed by atoms with Crippen molar-refractivity contribution in [3.63, 3.8) is 0 Å². The highest BCUT2D eigenvalue weighted by molar-refractivity contribution is 4.90. The van der Waals surface area contributed by atoms with E-state index < -0.39 is 0 Å². The zero-order valence-electron chi connectivity index (χ0n) is 23.6. The molecular weight excluding hydrogens is 412 g/mol. The Balaban J connectivity index is 1.37. The van der Waals surface area contributed by atoms with Crippen LogP contribution in [0.5, 0.6) is 0 Å². The maximum absolute atomic E-state index is 9.25. The summed E-state index contributed by atoms with van der Waals surface area (Å²) in [7, 11) is 0. The molecule has 1 nitrogen and oxygen atoms in total. The first kappa shape index (κ1) is 28.5. The van der Waals surface area contributed by atoms with Gasteiger partial charge in [-0.15, -0.1) is 0 Å². The van der Waals surface area contributed by atoms with Gasteiger partial charge < -0.3 is 5.11 Å². The highest BCUT2D eigenvalue weighted by atomic mass is 16.2. The minimum atomic E-state index is 0.388. The molecule has 6 atom stereocenters. The normalized spacial score (nSPS) is 37.1. The summed E-state index contributed by atoms with van der Waals surface area (Å²) in [5.41, 5.74) is 0. The summed E-state index contributed by atoms with van der Waals surface area (Å²) in [4.78, 5) is 0. The third-order valence-corrected chi connectivity index (χ3v) is 11.1. The molecule has 0 radical (unpaired) electrons. The molecule has 1 N–H and O–H groups in total. The van der Waals surface area contributed by atoms with Gasteiger partial charge in [0.25, 0.3) is 0 Å². The van der Waals surface area contributed by atoms with Crippen molar-refractivity contribution in [2.24, 2.45) is 47.3 Å². The van der Waals surface area contributed by atoms with Crippen LogP contribution in [0.15, 0.2) is 0 Å². The molecular formula is C33H62O. The van der Waals surface area contributed by atoms with Gasteiger partial charge in [-0.05, 0) is 85.9 Å². The standard InChI is InChI=1S/C33H62O/c1-4-7-8-9-11-26-13-15-27(16-14-26)17-18-29-20-22-33(31(6-3)25-29)32-21-19-28(12-10-23-34)24-30(32)5-2/h26-34H,4-25H2,1-3H3. The lowest BCUT2D eigenvalue weighted by atomic mass is 9.59. The predicted molar refractivity (Wildman–Crippen MR) is 149 cm³/mol. The van der Waals surface area contributed by atoms with Crippen molar-refractivity contribution in [1.29, 1.82) is 0 Å². The van der Waals surface area contributed by atoms with E-state index in [0.29, 0.717) is 6.61 Å². The summed E-state index contributed by atoms with van der Waals surface area (Å²) in [6.45, 7) is 7.67. The molecule has 0 saturated heterocycles. The number of aliphatic hydroxyl groups excluding tert-OH is 1. The molecule has 3 aliphatic carbocycles. The van der Waals surface area contributed by atoms with Crippen LogP contribution >= 0.6 is 0 Å². The van der Waals surface area contributed by atoms with Gasteiger partial charge in [0.05, 0.1) is 0 Å². The second-order valence-electron chi connectivity index (χ2n) is 13.2. The van der Waals surface area contributed by atoms with Crippen LogP contribution in [0.2, 0.25) is 0 Å². The lowest BCUT2D eigenvalue weighted by Gasteiger charge is -2.46. The summed E-state index contributed by atoms with van der Waals surface area (Å²) < 4.78 is 0. The molecule has 0 spiro atoms. The zero-order chi connectivity index (χ0) is 24.2. The number of hydrogen-bond donors (Lipinski definition) is 1. The largest absolute Gasteiger partial charge is 0.396 e. The molecule has 3 saturated carbocycles. The molecule has 34 heavy (non-hydrogen) atoms. The molecule has 6 unspecified atom stereocenters.